The summed E-state index contributed by atoms with van der Waals surface area (Å²) in [6, 6.07) is 7.75. The van der Waals surface area contributed by atoms with E-state index in [1.165, 1.54) is 0 Å². The lowest BCUT2D eigenvalue weighted by Crippen LogP contribution is -2.37. The molecule has 0 radical (unpaired) electrons. The lowest BCUT2D eigenvalue weighted by Gasteiger charge is -2.28. The molecule has 0 unspecified atom stereocenters. The standard InChI is InChI=1S/C27H39N7O3/c1-4-34-23(18-32(3)12-7-5-6-9-20(2)31-36)28-24-26(33-13-15-37-16-14-33)29-25(30-27(24)34)22-11-8-10-21(17-22)19-35/h8,10-11,17,31,35-36H,2,4-7,9,12-16,18-19H2,1,3H3. The van der Waals surface area contributed by atoms with Crippen molar-refractivity contribution < 1.29 is 15.1 Å². The van der Waals surface area contributed by atoms with Gasteiger partial charge in [-0.2, -0.15) is 0 Å². The number of imidazole rings is 1. The van der Waals surface area contributed by atoms with Gasteiger partial charge in [0.25, 0.3) is 0 Å². The Morgan fingerprint density at radius 1 is 1.16 bits per heavy atom. The molecule has 0 bridgehead atoms. The molecule has 10 heteroatoms. The van der Waals surface area contributed by atoms with Crippen LogP contribution in [0.3, 0.4) is 0 Å². The molecule has 1 aliphatic rings. The number of aliphatic hydroxyl groups excluding tert-OH is 1. The first-order chi connectivity index (χ1) is 18.0. The summed E-state index contributed by atoms with van der Waals surface area (Å²) in [6.07, 6.45) is 3.90. The molecule has 200 valence electrons. The maximum Gasteiger partial charge on any atom is 0.166 e. The van der Waals surface area contributed by atoms with E-state index in [0.717, 1.165) is 85.8 Å². The third-order valence-electron chi connectivity index (χ3n) is 6.74. The minimum atomic E-state index is -0.0249. The van der Waals surface area contributed by atoms with Crippen LogP contribution in [-0.4, -0.2) is 74.6 Å². The van der Waals surface area contributed by atoms with E-state index in [4.69, 9.17) is 24.9 Å². The highest BCUT2D eigenvalue weighted by Crippen LogP contribution is 2.29. The van der Waals surface area contributed by atoms with Crippen LogP contribution in [0, 0.1) is 0 Å². The summed E-state index contributed by atoms with van der Waals surface area (Å²) < 4.78 is 7.78. The molecule has 0 spiro atoms. The van der Waals surface area contributed by atoms with Crippen molar-refractivity contribution in [3.63, 3.8) is 0 Å². The molecule has 1 fully saturated rings. The first-order valence-corrected chi connectivity index (χ1v) is 13.1. The molecule has 1 aromatic carbocycles. The van der Waals surface area contributed by atoms with Gasteiger partial charge < -0.3 is 19.3 Å². The fourth-order valence-electron chi connectivity index (χ4n) is 4.69. The largest absolute Gasteiger partial charge is 0.392 e. The predicted molar refractivity (Wildman–Crippen MR) is 144 cm³/mol. The number of rotatable bonds is 13. The Morgan fingerprint density at radius 2 is 1.97 bits per heavy atom. The second kappa shape index (κ2) is 13.0. The van der Waals surface area contributed by atoms with Crippen molar-refractivity contribution in [2.24, 2.45) is 0 Å². The van der Waals surface area contributed by atoms with Crippen LogP contribution in [0.2, 0.25) is 0 Å². The number of benzene rings is 1. The Balaban J connectivity index is 1.61. The number of allylic oxidation sites excluding steroid dienone is 1. The van der Waals surface area contributed by atoms with Crippen molar-refractivity contribution in [1.82, 2.24) is 29.9 Å². The minimum absolute atomic E-state index is 0.0249. The fraction of sp³-hybridized carbons (Fsp3) is 0.519. The number of nitrogens with one attached hydrogen (secondary N) is 1. The van der Waals surface area contributed by atoms with Gasteiger partial charge in [0, 0.05) is 30.9 Å². The molecule has 1 saturated heterocycles. The van der Waals surface area contributed by atoms with Gasteiger partial charge in [-0.25, -0.2) is 15.0 Å². The second-order valence-electron chi connectivity index (χ2n) is 9.54. The molecular weight excluding hydrogens is 470 g/mol. The van der Waals surface area contributed by atoms with Crippen LogP contribution in [0.4, 0.5) is 5.82 Å². The van der Waals surface area contributed by atoms with E-state index < -0.39 is 0 Å². The second-order valence-corrected chi connectivity index (χ2v) is 9.54. The third kappa shape index (κ3) is 6.64. The Labute approximate surface area is 218 Å². The number of aliphatic hydroxyl groups is 1. The van der Waals surface area contributed by atoms with Gasteiger partial charge in [-0.3, -0.25) is 15.6 Å². The zero-order valence-electron chi connectivity index (χ0n) is 22.0. The monoisotopic (exact) mass is 509 g/mol. The summed E-state index contributed by atoms with van der Waals surface area (Å²) in [4.78, 5) is 19.6. The molecule has 3 heterocycles. The number of fused-ring (bicyclic) bond motifs is 1. The van der Waals surface area contributed by atoms with Crippen LogP contribution in [0.1, 0.15) is 44.0 Å². The maximum absolute atomic E-state index is 9.64. The molecule has 0 saturated carbocycles. The van der Waals surface area contributed by atoms with Crippen LogP contribution in [-0.2, 0) is 24.4 Å². The minimum Gasteiger partial charge on any atom is -0.392 e. The van der Waals surface area contributed by atoms with E-state index in [2.05, 4.69) is 40.4 Å². The quantitative estimate of drug-likeness (QED) is 0.236. The van der Waals surface area contributed by atoms with Gasteiger partial charge in [0.2, 0.25) is 0 Å². The number of anilines is 1. The van der Waals surface area contributed by atoms with Crippen LogP contribution >= 0.6 is 0 Å². The highest BCUT2D eigenvalue weighted by Gasteiger charge is 2.23. The number of nitrogens with zero attached hydrogens (tertiary/aromatic N) is 6. The zero-order valence-corrected chi connectivity index (χ0v) is 22.0. The zero-order chi connectivity index (χ0) is 26.2. The van der Waals surface area contributed by atoms with Gasteiger partial charge in [-0.1, -0.05) is 31.2 Å². The van der Waals surface area contributed by atoms with Gasteiger partial charge >= 0.3 is 0 Å². The Hall–Kier alpha value is -3.05. The van der Waals surface area contributed by atoms with Crippen LogP contribution in [0.25, 0.3) is 22.6 Å². The number of hydrogen-bond donors (Lipinski definition) is 3. The lowest BCUT2D eigenvalue weighted by molar-refractivity contribution is 0.122. The van der Waals surface area contributed by atoms with Gasteiger partial charge in [0.1, 0.15) is 5.82 Å². The van der Waals surface area contributed by atoms with Gasteiger partial charge in [0.15, 0.2) is 22.8 Å². The summed E-state index contributed by atoms with van der Waals surface area (Å²) in [5, 5.41) is 18.5. The van der Waals surface area contributed by atoms with Crippen molar-refractivity contribution >= 4 is 17.0 Å². The van der Waals surface area contributed by atoms with E-state index in [1.807, 2.05) is 24.3 Å². The Bertz CT molecular complexity index is 1190. The highest BCUT2D eigenvalue weighted by molar-refractivity contribution is 5.86. The molecular formula is C27H39N7O3. The molecule has 10 nitrogen and oxygen atoms in total. The van der Waals surface area contributed by atoms with Gasteiger partial charge in [0.05, 0.1) is 26.4 Å². The third-order valence-corrected chi connectivity index (χ3v) is 6.74. The van der Waals surface area contributed by atoms with Crippen LogP contribution < -0.4 is 10.4 Å². The first kappa shape index (κ1) is 27.0. The van der Waals surface area contributed by atoms with E-state index in [0.29, 0.717) is 31.3 Å². The van der Waals surface area contributed by atoms with E-state index in [9.17, 15) is 5.11 Å². The maximum atomic E-state index is 9.64. The predicted octanol–water partition coefficient (Wildman–Crippen LogP) is 3.33. The number of unbranched alkanes of at least 4 members (excludes halogenated alkanes) is 2. The number of hydroxylamine groups is 1. The van der Waals surface area contributed by atoms with Crippen LogP contribution in [0.5, 0.6) is 0 Å². The molecule has 3 aromatic rings. The SMILES string of the molecule is C=C(CCCCCN(C)Cc1nc2c(N3CCOCC3)nc(-c3cccc(CO)c3)nc2n1CC)NO. The summed E-state index contributed by atoms with van der Waals surface area (Å²) in [7, 11) is 2.12. The molecule has 4 rings (SSSR count). The number of aromatic nitrogens is 4. The van der Waals surface area contributed by atoms with E-state index in [1.54, 1.807) is 0 Å². The molecule has 37 heavy (non-hydrogen) atoms. The normalized spacial score (nSPS) is 14.0. The number of hydrogen-bond acceptors (Lipinski definition) is 9. The molecule has 0 amide bonds. The van der Waals surface area contributed by atoms with Crippen molar-refractivity contribution in [2.45, 2.75) is 52.3 Å². The molecule has 0 atom stereocenters. The van der Waals surface area contributed by atoms with Crippen molar-refractivity contribution in [2.75, 3.05) is 44.8 Å². The molecule has 2 aromatic heterocycles. The summed E-state index contributed by atoms with van der Waals surface area (Å²) in [5.74, 6) is 2.45. The van der Waals surface area contributed by atoms with Crippen LogP contribution in [0.15, 0.2) is 36.5 Å². The molecule has 0 aliphatic carbocycles. The topological polar surface area (TPSA) is 112 Å². The van der Waals surface area contributed by atoms with E-state index in [-0.39, 0.29) is 6.61 Å². The summed E-state index contributed by atoms with van der Waals surface area (Å²) >= 11 is 0. The number of aryl methyl sites for hydroxylation is 1. The lowest BCUT2D eigenvalue weighted by atomic mass is 10.1. The Morgan fingerprint density at radius 3 is 2.70 bits per heavy atom. The number of morpholine rings is 1. The van der Waals surface area contributed by atoms with Crippen molar-refractivity contribution in [3.8, 4) is 11.4 Å². The van der Waals surface area contributed by atoms with Crippen molar-refractivity contribution in [3.05, 3.63) is 47.9 Å². The fourth-order valence-corrected chi connectivity index (χ4v) is 4.69. The smallest absolute Gasteiger partial charge is 0.166 e. The summed E-state index contributed by atoms with van der Waals surface area (Å²) in [5.41, 5.74) is 6.15. The van der Waals surface area contributed by atoms with E-state index >= 15 is 0 Å². The first-order valence-electron chi connectivity index (χ1n) is 13.1. The molecule has 1 aliphatic heterocycles. The van der Waals surface area contributed by atoms with Gasteiger partial charge in [-0.05, 0) is 51.4 Å². The molecule has 3 N–H and O–H groups in total. The highest BCUT2D eigenvalue weighted by atomic mass is 16.5. The average Bonchev–Trinajstić information content (AvgIpc) is 3.29. The van der Waals surface area contributed by atoms with Crippen molar-refractivity contribution in [1.29, 1.82) is 0 Å². The Kier molecular flexibility index (Phi) is 9.45. The summed E-state index contributed by atoms with van der Waals surface area (Å²) in [6.45, 7) is 11.1. The number of ether oxygens (including phenoxy) is 1. The average molecular weight is 510 g/mol. The van der Waals surface area contributed by atoms with Gasteiger partial charge in [-0.15, -0.1) is 0 Å².